The molecule has 0 bridgehead atoms. The predicted molar refractivity (Wildman–Crippen MR) is 76.6 cm³/mol. The van der Waals surface area contributed by atoms with E-state index in [1.54, 1.807) is 18.5 Å². The molecule has 19 heavy (non-hydrogen) atoms. The Balaban J connectivity index is 2.22. The molecule has 1 atom stereocenters. The van der Waals surface area contributed by atoms with E-state index in [4.69, 9.17) is 17.5 Å². The van der Waals surface area contributed by atoms with Crippen LogP contribution in [0.3, 0.4) is 0 Å². The third kappa shape index (κ3) is 2.89. The van der Waals surface area contributed by atoms with Gasteiger partial charge in [-0.05, 0) is 18.3 Å². The van der Waals surface area contributed by atoms with Gasteiger partial charge >= 0.3 is 0 Å². The molecule has 0 spiro atoms. The van der Waals surface area contributed by atoms with E-state index in [9.17, 15) is 0 Å². The number of nitrogens with one attached hydrogen (secondary N) is 1. The molecule has 0 saturated carbocycles. The first-order valence-corrected chi connectivity index (χ1v) is 6.41. The molecule has 5 nitrogen and oxygen atoms in total. The summed E-state index contributed by atoms with van der Waals surface area (Å²) < 4.78 is 0. The van der Waals surface area contributed by atoms with Crippen LogP contribution in [0.1, 0.15) is 18.2 Å². The van der Waals surface area contributed by atoms with Gasteiger partial charge in [-0.3, -0.25) is 9.99 Å². The third-order valence-electron chi connectivity index (χ3n) is 2.84. The molecule has 1 aliphatic heterocycles. The van der Waals surface area contributed by atoms with Crippen molar-refractivity contribution in [1.82, 2.24) is 20.3 Å². The topological polar surface area (TPSA) is 55.2 Å². The number of nitriles is 1. The lowest BCUT2D eigenvalue weighted by molar-refractivity contribution is 0.272. The summed E-state index contributed by atoms with van der Waals surface area (Å²) >= 11 is 5.43. The fraction of sp³-hybridized carbons (Fsp3) is 0.308. The molecule has 1 N–H and O–H groups in total. The van der Waals surface area contributed by atoms with Gasteiger partial charge in [0.1, 0.15) is 6.17 Å². The molecule has 0 unspecified atom stereocenters. The second-order valence-electron chi connectivity index (χ2n) is 4.10. The quantitative estimate of drug-likeness (QED) is 0.649. The monoisotopic (exact) mass is 273 g/mol. The van der Waals surface area contributed by atoms with E-state index in [1.807, 2.05) is 22.0 Å². The Labute approximate surface area is 118 Å². The molecular weight excluding hydrogens is 258 g/mol. The summed E-state index contributed by atoms with van der Waals surface area (Å²) in [5.41, 5.74) is 4.34. The standard InChI is InChI=1S/C13H15N5S/c1-2-8-18-13(19)17(9-4-6-14)12(16-18)11-5-3-7-15-10-11/h2-3,5,7,10,12,16H,1,4,8-9H2/t12-/m0/s1. The molecule has 1 aromatic heterocycles. The van der Waals surface area contributed by atoms with E-state index in [-0.39, 0.29) is 6.17 Å². The van der Waals surface area contributed by atoms with Crippen LogP contribution < -0.4 is 5.43 Å². The predicted octanol–water partition coefficient (Wildman–Crippen LogP) is 1.59. The Bertz CT molecular complexity index is 496. The summed E-state index contributed by atoms with van der Waals surface area (Å²) in [7, 11) is 0. The van der Waals surface area contributed by atoms with E-state index in [1.165, 1.54) is 0 Å². The second-order valence-corrected chi connectivity index (χ2v) is 4.47. The van der Waals surface area contributed by atoms with Gasteiger partial charge in [-0.15, -0.1) is 6.58 Å². The van der Waals surface area contributed by atoms with Crippen molar-refractivity contribution in [3.8, 4) is 6.07 Å². The molecule has 0 amide bonds. The first-order valence-electron chi connectivity index (χ1n) is 6.00. The van der Waals surface area contributed by atoms with Crippen LogP contribution in [0.25, 0.3) is 0 Å². The minimum atomic E-state index is -0.0745. The molecular formula is C13H15N5S. The lowest BCUT2D eigenvalue weighted by Gasteiger charge is -2.22. The Morgan fingerprint density at radius 3 is 3.11 bits per heavy atom. The fourth-order valence-corrected chi connectivity index (χ4v) is 2.31. The highest BCUT2D eigenvalue weighted by molar-refractivity contribution is 7.80. The van der Waals surface area contributed by atoms with E-state index in [2.05, 4.69) is 23.1 Å². The van der Waals surface area contributed by atoms with E-state index in [0.717, 1.165) is 5.56 Å². The van der Waals surface area contributed by atoms with Crippen LogP contribution in [0.5, 0.6) is 0 Å². The number of hydrogen-bond donors (Lipinski definition) is 1. The minimum absolute atomic E-state index is 0.0745. The molecule has 0 aromatic carbocycles. The summed E-state index contributed by atoms with van der Waals surface area (Å²) in [6.45, 7) is 4.94. The average Bonchev–Trinajstić information content (AvgIpc) is 2.75. The van der Waals surface area contributed by atoms with Gasteiger partial charge in [0.15, 0.2) is 5.11 Å². The van der Waals surface area contributed by atoms with E-state index in [0.29, 0.717) is 24.6 Å². The van der Waals surface area contributed by atoms with Crippen molar-refractivity contribution in [1.29, 1.82) is 5.26 Å². The normalized spacial score (nSPS) is 18.5. The molecule has 1 aromatic rings. The Kier molecular flexibility index (Phi) is 4.44. The smallest absolute Gasteiger partial charge is 0.188 e. The van der Waals surface area contributed by atoms with Gasteiger partial charge in [0.2, 0.25) is 0 Å². The highest BCUT2D eigenvalue weighted by atomic mass is 32.1. The van der Waals surface area contributed by atoms with Crippen LogP contribution in [-0.2, 0) is 0 Å². The van der Waals surface area contributed by atoms with Crippen molar-refractivity contribution in [2.24, 2.45) is 0 Å². The number of hydrazine groups is 1. The molecule has 0 radical (unpaired) electrons. The van der Waals surface area contributed by atoms with Crippen LogP contribution in [-0.4, -0.2) is 33.1 Å². The maximum Gasteiger partial charge on any atom is 0.188 e. The molecule has 2 heterocycles. The molecule has 0 aliphatic carbocycles. The maximum atomic E-state index is 8.76. The largest absolute Gasteiger partial charge is 0.326 e. The van der Waals surface area contributed by atoms with Crippen molar-refractivity contribution in [3.05, 3.63) is 42.7 Å². The van der Waals surface area contributed by atoms with Gasteiger partial charge in [-0.2, -0.15) is 5.26 Å². The van der Waals surface area contributed by atoms with Gasteiger partial charge in [-0.1, -0.05) is 12.1 Å². The number of hydrogen-bond acceptors (Lipinski definition) is 4. The van der Waals surface area contributed by atoms with E-state index < -0.39 is 0 Å². The van der Waals surface area contributed by atoms with Crippen LogP contribution in [0.2, 0.25) is 0 Å². The van der Waals surface area contributed by atoms with Gasteiger partial charge in [0.25, 0.3) is 0 Å². The molecule has 98 valence electrons. The maximum absolute atomic E-state index is 8.76. The van der Waals surface area contributed by atoms with Crippen LogP contribution >= 0.6 is 12.2 Å². The summed E-state index contributed by atoms with van der Waals surface area (Å²) in [4.78, 5) is 6.13. The minimum Gasteiger partial charge on any atom is -0.326 e. The summed E-state index contributed by atoms with van der Waals surface area (Å²) in [6.07, 6.45) is 5.68. The van der Waals surface area contributed by atoms with Crippen molar-refractivity contribution >= 4 is 17.3 Å². The fourth-order valence-electron chi connectivity index (χ4n) is 1.99. The van der Waals surface area contributed by atoms with Crippen molar-refractivity contribution < 1.29 is 0 Å². The van der Waals surface area contributed by atoms with Gasteiger partial charge in [0.05, 0.1) is 19.0 Å². The zero-order valence-corrected chi connectivity index (χ0v) is 11.3. The number of aromatic nitrogens is 1. The van der Waals surface area contributed by atoms with Gasteiger partial charge in [0, 0.05) is 24.5 Å². The zero-order chi connectivity index (χ0) is 13.7. The lowest BCUT2D eigenvalue weighted by atomic mass is 10.2. The number of thiocarbonyl (C=S) groups is 1. The summed E-state index contributed by atoms with van der Waals surface area (Å²) in [5.74, 6) is 0. The SMILES string of the molecule is C=CCN1N[C@H](c2cccnc2)N(CCC#N)C1=S. The van der Waals surface area contributed by atoms with Gasteiger partial charge in [-0.25, -0.2) is 5.43 Å². The molecule has 6 heteroatoms. The first-order chi connectivity index (χ1) is 9.27. The van der Waals surface area contributed by atoms with Crippen molar-refractivity contribution in [3.63, 3.8) is 0 Å². The second kappa shape index (κ2) is 6.27. The zero-order valence-electron chi connectivity index (χ0n) is 10.5. The van der Waals surface area contributed by atoms with Crippen LogP contribution in [0, 0.1) is 11.3 Å². The molecule has 1 aliphatic rings. The van der Waals surface area contributed by atoms with Crippen LogP contribution in [0.15, 0.2) is 37.2 Å². The Morgan fingerprint density at radius 2 is 2.47 bits per heavy atom. The van der Waals surface area contributed by atoms with E-state index >= 15 is 0 Å². The Hall–Kier alpha value is -1.97. The van der Waals surface area contributed by atoms with Crippen molar-refractivity contribution in [2.45, 2.75) is 12.6 Å². The highest BCUT2D eigenvalue weighted by Gasteiger charge is 2.33. The number of rotatable bonds is 5. The summed E-state index contributed by atoms with van der Waals surface area (Å²) in [6, 6.07) is 6.03. The summed E-state index contributed by atoms with van der Waals surface area (Å²) in [5, 5.41) is 11.3. The van der Waals surface area contributed by atoms with Crippen molar-refractivity contribution in [2.75, 3.05) is 13.1 Å². The molecule has 2 rings (SSSR count). The average molecular weight is 273 g/mol. The molecule has 1 saturated heterocycles. The molecule has 1 fully saturated rings. The number of pyridine rings is 1. The van der Waals surface area contributed by atoms with Crippen LogP contribution in [0.4, 0.5) is 0 Å². The Morgan fingerprint density at radius 1 is 1.63 bits per heavy atom. The first kappa shape index (κ1) is 13.5. The highest BCUT2D eigenvalue weighted by Crippen LogP contribution is 2.25. The third-order valence-corrected chi connectivity index (χ3v) is 3.30. The van der Waals surface area contributed by atoms with Gasteiger partial charge < -0.3 is 4.90 Å². The number of nitrogens with zero attached hydrogens (tertiary/aromatic N) is 4. The lowest BCUT2D eigenvalue weighted by Crippen LogP contribution is -2.35.